The third-order valence-electron chi connectivity index (χ3n) is 2.51. The lowest BCUT2D eigenvalue weighted by atomic mass is 9.85. The standard InChI is InChI=1S/C8H17NO3/c1-5-8(6-2,7(3)4)12-9(10)11/h7H,5-6H2,1-4H3. The first-order valence-corrected chi connectivity index (χ1v) is 4.32. The summed E-state index contributed by atoms with van der Waals surface area (Å²) in [5.41, 5.74) is -0.594. The molecule has 0 saturated carbocycles. The fourth-order valence-electron chi connectivity index (χ4n) is 1.45. The van der Waals surface area contributed by atoms with Crippen molar-refractivity contribution in [2.24, 2.45) is 5.92 Å². The lowest BCUT2D eigenvalue weighted by Crippen LogP contribution is -2.39. The van der Waals surface area contributed by atoms with E-state index >= 15 is 0 Å². The van der Waals surface area contributed by atoms with Crippen molar-refractivity contribution < 1.29 is 9.92 Å². The van der Waals surface area contributed by atoms with Gasteiger partial charge in [-0.05, 0) is 18.8 Å². The van der Waals surface area contributed by atoms with Crippen LogP contribution in [0.15, 0.2) is 0 Å². The van der Waals surface area contributed by atoms with Gasteiger partial charge in [-0.3, -0.25) is 0 Å². The molecule has 4 nitrogen and oxygen atoms in total. The first-order chi connectivity index (χ1) is 5.48. The molecule has 0 spiro atoms. The van der Waals surface area contributed by atoms with Crippen LogP contribution in [-0.2, 0) is 4.84 Å². The third-order valence-corrected chi connectivity index (χ3v) is 2.51. The zero-order valence-electron chi connectivity index (χ0n) is 8.16. The molecule has 0 amide bonds. The molecule has 72 valence electrons. The minimum atomic E-state index is -0.688. The highest BCUT2D eigenvalue weighted by Gasteiger charge is 2.34. The summed E-state index contributed by atoms with van der Waals surface area (Å²) in [7, 11) is 0. The van der Waals surface area contributed by atoms with Crippen LogP contribution in [0.4, 0.5) is 0 Å². The fraction of sp³-hybridized carbons (Fsp3) is 1.00. The maximum atomic E-state index is 10.2. The molecule has 12 heavy (non-hydrogen) atoms. The molecule has 4 heteroatoms. The number of hydrogen-bond donors (Lipinski definition) is 0. The second-order valence-corrected chi connectivity index (χ2v) is 3.24. The summed E-state index contributed by atoms with van der Waals surface area (Å²) in [6, 6.07) is 0. The van der Waals surface area contributed by atoms with E-state index in [9.17, 15) is 10.1 Å². The summed E-state index contributed by atoms with van der Waals surface area (Å²) in [5, 5.41) is 9.53. The molecule has 0 atom stereocenters. The smallest absolute Gasteiger partial charge is 0.295 e. The first-order valence-electron chi connectivity index (χ1n) is 4.32. The normalized spacial score (nSPS) is 11.8. The monoisotopic (exact) mass is 175 g/mol. The Bertz CT molecular complexity index is 152. The zero-order chi connectivity index (χ0) is 9.78. The molecule has 0 aliphatic rings. The van der Waals surface area contributed by atoms with Gasteiger partial charge in [-0.2, -0.15) is 0 Å². The summed E-state index contributed by atoms with van der Waals surface area (Å²) < 4.78 is 0. The third kappa shape index (κ3) is 2.36. The van der Waals surface area contributed by atoms with E-state index in [1.807, 2.05) is 27.7 Å². The van der Waals surface area contributed by atoms with Gasteiger partial charge in [0.15, 0.2) is 0 Å². The predicted octanol–water partition coefficient (Wildman–Crippen LogP) is 2.41. The largest absolute Gasteiger partial charge is 0.307 e. The van der Waals surface area contributed by atoms with Crippen LogP contribution in [-0.4, -0.2) is 10.7 Å². The highest BCUT2D eigenvalue weighted by Crippen LogP contribution is 2.29. The van der Waals surface area contributed by atoms with Crippen LogP contribution < -0.4 is 0 Å². The number of nitrogens with zero attached hydrogens (tertiary/aromatic N) is 1. The Morgan fingerprint density at radius 2 is 1.83 bits per heavy atom. The number of hydrogen-bond acceptors (Lipinski definition) is 3. The minimum absolute atomic E-state index is 0.165. The molecular formula is C8H17NO3. The molecule has 0 N–H and O–H groups in total. The quantitative estimate of drug-likeness (QED) is 0.476. The number of rotatable bonds is 5. The first kappa shape index (κ1) is 11.2. The Labute approximate surface area is 73.0 Å². The van der Waals surface area contributed by atoms with Gasteiger partial charge in [-0.1, -0.05) is 27.7 Å². The van der Waals surface area contributed by atoms with Gasteiger partial charge in [0.2, 0.25) is 0 Å². The Morgan fingerprint density at radius 1 is 1.42 bits per heavy atom. The summed E-state index contributed by atoms with van der Waals surface area (Å²) in [5.74, 6) is 0.165. The van der Waals surface area contributed by atoms with Crippen LogP contribution in [0.1, 0.15) is 40.5 Å². The van der Waals surface area contributed by atoms with E-state index in [0.717, 1.165) is 0 Å². The van der Waals surface area contributed by atoms with E-state index in [2.05, 4.69) is 0 Å². The molecule has 0 aliphatic carbocycles. The molecule has 0 heterocycles. The second kappa shape index (κ2) is 4.28. The molecule has 0 aromatic heterocycles. The Kier molecular flexibility index (Phi) is 4.00. The van der Waals surface area contributed by atoms with Crippen LogP contribution in [0.2, 0.25) is 0 Å². The van der Waals surface area contributed by atoms with Crippen molar-refractivity contribution >= 4 is 0 Å². The maximum Gasteiger partial charge on any atom is 0.295 e. The van der Waals surface area contributed by atoms with E-state index < -0.39 is 10.7 Å². The summed E-state index contributed by atoms with van der Waals surface area (Å²) in [4.78, 5) is 14.9. The fourth-order valence-corrected chi connectivity index (χ4v) is 1.45. The molecule has 0 aromatic carbocycles. The van der Waals surface area contributed by atoms with E-state index in [4.69, 9.17) is 4.84 Å². The van der Waals surface area contributed by atoms with Crippen LogP contribution >= 0.6 is 0 Å². The van der Waals surface area contributed by atoms with Gasteiger partial charge < -0.3 is 4.84 Å². The van der Waals surface area contributed by atoms with Gasteiger partial charge in [0.1, 0.15) is 5.60 Å². The van der Waals surface area contributed by atoms with E-state index in [1.165, 1.54) is 0 Å². The highest BCUT2D eigenvalue weighted by atomic mass is 17.0. The highest BCUT2D eigenvalue weighted by molar-refractivity contribution is 4.79. The van der Waals surface area contributed by atoms with Crippen molar-refractivity contribution in [3.05, 3.63) is 10.1 Å². The van der Waals surface area contributed by atoms with Gasteiger partial charge in [0, 0.05) is 0 Å². The second-order valence-electron chi connectivity index (χ2n) is 3.24. The average Bonchev–Trinajstić information content (AvgIpc) is 1.99. The van der Waals surface area contributed by atoms with Crippen molar-refractivity contribution in [3.63, 3.8) is 0 Å². The van der Waals surface area contributed by atoms with Gasteiger partial charge in [0.05, 0.1) is 0 Å². The van der Waals surface area contributed by atoms with Gasteiger partial charge in [0.25, 0.3) is 5.09 Å². The van der Waals surface area contributed by atoms with Crippen LogP contribution in [0.3, 0.4) is 0 Å². The summed E-state index contributed by atoms with van der Waals surface area (Å²) in [6.45, 7) is 7.70. The summed E-state index contributed by atoms with van der Waals surface area (Å²) >= 11 is 0. The predicted molar refractivity (Wildman–Crippen MR) is 46.2 cm³/mol. The molecule has 0 rings (SSSR count). The molecule has 0 aromatic rings. The molecule has 0 radical (unpaired) electrons. The van der Waals surface area contributed by atoms with Crippen LogP contribution in [0.5, 0.6) is 0 Å². The SMILES string of the molecule is CCC(CC)(O[N+](=O)[O-])C(C)C. The minimum Gasteiger partial charge on any atom is -0.307 e. The molecule has 0 unspecified atom stereocenters. The molecule has 0 bridgehead atoms. The topological polar surface area (TPSA) is 52.4 Å². The van der Waals surface area contributed by atoms with Crippen molar-refractivity contribution in [2.75, 3.05) is 0 Å². The van der Waals surface area contributed by atoms with Gasteiger partial charge >= 0.3 is 0 Å². The maximum absolute atomic E-state index is 10.2. The Hall–Kier alpha value is -0.800. The van der Waals surface area contributed by atoms with Crippen molar-refractivity contribution in [2.45, 2.75) is 46.1 Å². The van der Waals surface area contributed by atoms with E-state index in [1.54, 1.807) is 0 Å². The lowest BCUT2D eigenvalue weighted by molar-refractivity contribution is -0.784. The van der Waals surface area contributed by atoms with Gasteiger partial charge in [-0.25, -0.2) is 0 Å². The Morgan fingerprint density at radius 3 is 1.92 bits per heavy atom. The zero-order valence-corrected chi connectivity index (χ0v) is 8.16. The van der Waals surface area contributed by atoms with Crippen molar-refractivity contribution in [3.8, 4) is 0 Å². The molecule has 0 fully saturated rings. The van der Waals surface area contributed by atoms with Crippen molar-refractivity contribution in [1.29, 1.82) is 0 Å². The van der Waals surface area contributed by atoms with Crippen LogP contribution in [0, 0.1) is 16.0 Å². The summed E-state index contributed by atoms with van der Waals surface area (Å²) in [6.07, 6.45) is 1.34. The van der Waals surface area contributed by atoms with E-state index in [0.29, 0.717) is 12.8 Å². The van der Waals surface area contributed by atoms with Crippen LogP contribution in [0.25, 0.3) is 0 Å². The molecule has 0 aliphatic heterocycles. The van der Waals surface area contributed by atoms with Crippen molar-refractivity contribution in [1.82, 2.24) is 0 Å². The molecular weight excluding hydrogens is 158 g/mol. The Balaban J connectivity index is 4.46. The van der Waals surface area contributed by atoms with Gasteiger partial charge in [-0.15, -0.1) is 10.1 Å². The molecule has 0 saturated heterocycles. The average molecular weight is 175 g/mol. The van der Waals surface area contributed by atoms with E-state index in [-0.39, 0.29) is 5.92 Å². The lowest BCUT2D eigenvalue weighted by Gasteiger charge is -2.32.